The van der Waals surface area contributed by atoms with Crippen LogP contribution in [0, 0.1) is 24.2 Å². The Balaban J connectivity index is 2.77. The van der Waals surface area contributed by atoms with Crippen molar-refractivity contribution in [3.63, 3.8) is 0 Å². The van der Waals surface area contributed by atoms with Crippen LogP contribution in [-0.4, -0.2) is 4.98 Å². The Morgan fingerprint density at radius 3 is 2.77 bits per heavy atom. The average molecular weight is 194 g/mol. The van der Waals surface area contributed by atoms with Crippen LogP contribution in [0.3, 0.4) is 0 Å². The van der Waals surface area contributed by atoms with E-state index in [0.29, 0.717) is 12.3 Å². The van der Waals surface area contributed by atoms with Gasteiger partial charge in [0.25, 0.3) is 0 Å². The van der Waals surface area contributed by atoms with E-state index in [1.54, 1.807) is 11.3 Å². The second-order valence-corrected chi connectivity index (χ2v) is 4.83. The molecule has 0 spiro atoms. The lowest BCUT2D eigenvalue weighted by Gasteiger charge is -1.97. The maximum absolute atomic E-state index is 8.55. The van der Waals surface area contributed by atoms with Crippen LogP contribution in [0.25, 0.3) is 0 Å². The second kappa shape index (κ2) is 4.38. The van der Waals surface area contributed by atoms with Crippen molar-refractivity contribution in [3.8, 4) is 6.07 Å². The van der Waals surface area contributed by atoms with Crippen LogP contribution >= 0.6 is 11.3 Å². The van der Waals surface area contributed by atoms with E-state index in [1.165, 1.54) is 4.88 Å². The quantitative estimate of drug-likeness (QED) is 0.741. The molecule has 0 saturated heterocycles. The van der Waals surface area contributed by atoms with E-state index < -0.39 is 0 Å². The molecular formula is C10H14N2S. The second-order valence-electron chi connectivity index (χ2n) is 3.54. The van der Waals surface area contributed by atoms with E-state index in [2.05, 4.69) is 24.9 Å². The predicted molar refractivity (Wildman–Crippen MR) is 54.7 cm³/mol. The van der Waals surface area contributed by atoms with Crippen molar-refractivity contribution in [3.05, 3.63) is 15.6 Å². The molecule has 3 heteroatoms. The van der Waals surface area contributed by atoms with Gasteiger partial charge in [0.2, 0.25) is 0 Å². The fourth-order valence-electron chi connectivity index (χ4n) is 1.16. The monoisotopic (exact) mass is 194 g/mol. The standard InChI is InChI=1S/C10H14N2S/c1-7(2)6-10-12-9(4-5-11)8(3)13-10/h7H,4,6H2,1-3H3. The fourth-order valence-corrected chi connectivity index (χ4v) is 2.32. The van der Waals surface area contributed by atoms with Gasteiger partial charge in [0, 0.05) is 11.3 Å². The van der Waals surface area contributed by atoms with E-state index in [0.717, 1.165) is 17.1 Å². The Morgan fingerprint density at radius 1 is 1.54 bits per heavy atom. The molecule has 1 heterocycles. The normalized spacial score (nSPS) is 10.4. The number of nitriles is 1. The van der Waals surface area contributed by atoms with E-state index >= 15 is 0 Å². The molecule has 0 saturated carbocycles. The van der Waals surface area contributed by atoms with E-state index in [9.17, 15) is 0 Å². The van der Waals surface area contributed by atoms with Crippen molar-refractivity contribution >= 4 is 11.3 Å². The first-order chi connectivity index (χ1) is 6.13. The molecule has 0 atom stereocenters. The van der Waals surface area contributed by atoms with Crippen molar-refractivity contribution in [2.24, 2.45) is 5.92 Å². The number of thiazole rings is 1. The van der Waals surface area contributed by atoms with Gasteiger partial charge >= 0.3 is 0 Å². The molecule has 1 aromatic heterocycles. The molecular weight excluding hydrogens is 180 g/mol. The summed E-state index contributed by atoms with van der Waals surface area (Å²) in [5, 5.41) is 9.71. The summed E-state index contributed by atoms with van der Waals surface area (Å²) in [7, 11) is 0. The number of aromatic nitrogens is 1. The summed E-state index contributed by atoms with van der Waals surface area (Å²) < 4.78 is 0. The molecule has 0 aliphatic rings. The van der Waals surface area contributed by atoms with Gasteiger partial charge in [0.1, 0.15) is 0 Å². The van der Waals surface area contributed by atoms with Gasteiger partial charge in [-0.15, -0.1) is 11.3 Å². The Hall–Kier alpha value is -0.880. The third-order valence-corrected chi connectivity index (χ3v) is 2.80. The van der Waals surface area contributed by atoms with Crippen LogP contribution in [0.15, 0.2) is 0 Å². The minimum atomic E-state index is 0.445. The molecule has 0 aliphatic carbocycles. The average Bonchev–Trinajstić information content (AvgIpc) is 2.31. The number of rotatable bonds is 3. The molecule has 13 heavy (non-hydrogen) atoms. The van der Waals surface area contributed by atoms with Gasteiger partial charge in [-0.25, -0.2) is 4.98 Å². The zero-order valence-electron chi connectivity index (χ0n) is 8.29. The molecule has 0 bridgehead atoms. The highest BCUT2D eigenvalue weighted by Gasteiger charge is 2.07. The summed E-state index contributed by atoms with van der Waals surface area (Å²) in [5.41, 5.74) is 0.961. The highest BCUT2D eigenvalue weighted by molar-refractivity contribution is 7.11. The van der Waals surface area contributed by atoms with Crippen molar-refractivity contribution in [2.45, 2.75) is 33.6 Å². The molecule has 0 aliphatic heterocycles. The maximum Gasteiger partial charge on any atom is 0.0933 e. The number of hydrogen-bond acceptors (Lipinski definition) is 3. The topological polar surface area (TPSA) is 36.7 Å². The first-order valence-electron chi connectivity index (χ1n) is 4.45. The van der Waals surface area contributed by atoms with Crippen LogP contribution in [-0.2, 0) is 12.8 Å². The van der Waals surface area contributed by atoms with Gasteiger partial charge < -0.3 is 0 Å². The van der Waals surface area contributed by atoms with Gasteiger partial charge in [0.05, 0.1) is 23.2 Å². The highest BCUT2D eigenvalue weighted by atomic mass is 32.1. The van der Waals surface area contributed by atoms with Crippen LogP contribution in [0.1, 0.15) is 29.4 Å². The van der Waals surface area contributed by atoms with Gasteiger partial charge in [-0.3, -0.25) is 0 Å². The summed E-state index contributed by atoms with van der Waals surface area (Å²) in [6.07, 6.45) is 1.47. The van der Waals surface area contributed by atoms with E-state index in [-0.39, 0.29) is 0 Å². The SMILES string of the molecule is Cc1sc(CC(C)C)nc1CC#N. The minimum Gasteiger partial charge on any atom is -0.245 e. The van der Waals surface area contributed by atoms with Crippen molar-refractivity contribution in [1.29, 1.82) is 5.26 Å². The van der Waals surface area contributed by atoms with Crippen molar-refractivity contribution in [1.82, 2.24) is 4.98 Å². The summed E-state index contributed by atoms with van der Waals surface area (Å²) >= 11 is 1.72. The Morgan fingerprint density at radius 2 is 2.23 bits per heavy atom. The molecule has 0 unspecified atom stereocenters. The Labute approximate surface area is 83.2 Å². The first-order valence-corrected chi connectivity index (χ1v) is 5.27. The van der Waals surface area contributed by atoms with Crippen LogP contribution < -0.4 is 0 Å². The van der Waals surface area contributed by atoms with Gasteiger partial charge in [-0.1, -0.05) is 13.8 Å². The molecule has 0 amide bonds. The zero-order valence-corrected chi connectivity index (χ0v) is 9.11. The number of hydrogen-bond donors (Lipinski definition) is 0. The van der Waals surface area contributed by atoms with Crippen LogP contribution in [0.5, 0.6) is 0 Å². The number of aryl methyl sites for hydroxylation is 1. The summed E-state index contributed by atoms with van der Waals surface area (Å²) in [5.74, 6) is 0.639. The van der Waals surface area contributed by atoms with Gasteiger partial charge in [-0.2, -0.15) is 5.26 Å². The molecule has 0 aromatic carbocycles. The van der Waals surface area contributed by atoms with Gasteiger partial charge in [0.15, 0.2) is 0 Å². The molecule has 70 valence electrons. The molecule has 1 rings (SSSR count). The largest absolute Gasteiger partial charge is 0.245 e. The lowest BCUT2D eigenvalue weighted by atomic mass is 10.1. The zero-order chi connectivity index (χ0) is 9.84. The van der Waals surface area contributed by atoms with Crippen LogP contribution in [0.4, 0.5) is 0 Å². The number of nitrogens with zero attached hydrogens (tertiary/aromatic N) is 2. The Kier molecular flexibility index (Phi) is 3.44. The lowest BCUT2D eigenvalue weighted by molar-refractivity contribution is 0.643. The third kappa shape index (κ3) is 2.82. The van der Waals surface area contributed by atoms with E-state index in [4.69, 9.17) is 5.26 Å². The molecule has 0 radical (unpaired) electrons. The highest BCUT2D eigenvalue weighted by Crippen LogP contribution is 2.20. The summed E-state index contributed by atoms with van der Waals surface area (Å²) in [6.45, 7) is 6.40. The van der Waals surface area contributed by atoms with Gasteiger partial charge in [-0.05, 0) is 12.8 Å². The lowest BCUT2D eigenvalue weighted by Crippen LogP contribution is -1.93. The molecule has 0 fully saturated rings. The van der Waals surface area contributed by atoms with Crippen LogP contribution in [0.2, 0.25) is 0 Å². The maximum atomic E-state index is 8.55. The molecule has 0 N–H and O–H groups in total. The molecule has 2 nitrogen and oxygen atoms in total. The summed E-state index contributed by atoms with van der Waals surface area (Å²) in [4.78, 5) is 5.63. The predicted octanol–water partition coefficient (Wildman–Crippen LogP) is 2.72. The van der Waals surface area contributed by atoms with E-state index in [1.807, 2.05) is 6.92 Å². The smallest absolute Gasteiger partial charge is 0.0933 e. The van der Waals surface area contributed by atoms with Crippen molar-refractivity contribution < 1.29 is 0 Å². The Bertz CT molecular complexity index is 320. The molecule has 1 aromatic rings. The first kappa shape index (κ1) is 10.2. The summed E-state index contributed by atoms with van der Waals surface area (Å²) in [6, 6.07) is 2.14. The minimum absolute atomic E-state index is 0.445. The van der Waals surface area contributed by atoms with Crippen molar-refractivity contribution in [2.75, 3.05) is 0 Å². The third-order valence-electron chi connectivity index (χ3n) is 1.77. The fraction of sp³-hybridized carbons (Fsp3) is 0.600.